The summed E-state index contributed by atoms with van der Waals surface area (Å²) in [7, 11) is 0. The van der Waals surface area contributed by atoms with Crippen LogP contribution in [-0.2, 0) is 4.74 Å². The van der Waals surface area contributed by atoms with Crippen molar-refractivity contribution < 1.29 is 4.74 Å². The molecule has 4 atom stereocenters. The number of hydrogen-bond donors (Lipinski definition) is 0. The lowest BCUT2D eigenvalue weighted by Crippen LogP contribution is -2.47. The van der Waals surface area contributed by atoms with Crippen LogP contribution in [0.1, 0.15) is 72.6 Å². The summed E-state index contributed by atoms with van der Waals surface area (Å²) in [4.78, 5) is 0. The third-order valence-electron chi connectivity index (χ3n) is 6.77. The maximum atomic E-state index is 6.14. The van der Waals surface area contributed by atoms with Gasteiger partial charge in [-0.3, -0.25) is 0 Å². The van der Waals surface area contributed by atoms with Crippen molar-refractivity contribution in [3.05, 3.63) is 0 Å². The van der Waals surface area contributed by atoms with Crippen molar-refractivity contribution in [1.82, 2.24) is 0 Å². The Labute approximate surface area is 113 Å². The van der Waals surface area contributed by atoms with Gasteiger partial charge in [-0.1, -0.05) is 27.2 Å². The number of rotatable bonds is 0. The predicted octanol–water partition coefficient (Wildman–Crippen LogP) is 4.80. The highest BCUT2D eigenvalue weighted by atomic mass is 16.5. The molecule has 1 saturated heterocycles. The van der Waals surface area contributed by atoms with Crippen LogP contribution in [0, 0.1) is 22.7 Å². The van der Waals surface area contributed by atoms with Gasteiger partial charge in [0.25, 0.3) is 0 Å². The third kappa shape index (κ3) is 1.85. The first-order valence-electron chi connectivity index (χ1n) is 8.00. The first kappa shape index (κ1) is 13.0. The van der Waals surface area contributed by atoms with Gasteiger partial charge in [-0.05, 0) is 68.1 Å². The first-order chi connectivity index (χ1) is 8.36. The van der Waals surface area contributed by atoms with E-state index in [0.717, 1.165) is 18.4 Å². The normalized spacial score (nSPS) is 51.3. The van der Waals surface area contributed by atoms with Crippen LogP contribution in [0.15, 0.2) is 0 Å². The molecule has 2 bridgehead atoms. The molecule has 3 fully saturated rings. The molecular weight excluding hydrogens is 220 g/mol. The summed E-state index contributed by atoms with van der Waals surface area (Å²) >= 11 is 0. The number of hydrogen-bond acceptors (Lipinski definition) is 1. The molecule has 0 N–H and O–H groups in total. The molecule has 0 unspecified atom stereocenters. The molecule has 3 aliphatic rings. The van der Waals surface area contributed by atoms with E-state index in [1.54, 1.807) is 0 Å². The highest BCUT2D eigenvalue weighted by Gasteiger charge is 2.54. The van der Waals surface area contributed by atoms with Crippen molar-refractivity contribution in [2.24, 2.45) is 22.7 Å². The number of ether oxygens (including phenoxy) is 1. The zero-order valence-electron chi connectivity index (χ0n) is 12.7. The van der Waals surface area contributed by atoms with E-state index in [1.807, 2.05) is 0 Å². The third-order valence-corrected chi connectivity index (χ3v) is 6.77. The Bertz CT molecular complexity index is 335. The molecule has 2 saturated carbocycles. The molecule has 1 heterocycles. The average molecular weight is 250 g/mol. The molecule has 1 heteroatoms. The van der Waals surface area contributed by atoms with Crippen LogP contribution in [0.25, 0.3) is 0 Å². The van der Waals surface area contributed by atoms with Crippen LogP contribution < -0.4 is 0 Å². The Kier molecular flexibility index (Phi) is 2.86. The lowest BCUT2D eigenvalue weighted by atomic mass is 9.51. The molecule has 0 aromatic carbocycles. The van der Waals surface area contributed by atoms with Gasteiger partial charge in [0.2, 0.25) is 0 Å². The van der Waals surface area contributed by atoms with Crippen molar-refractivity contribution in [3.63, 3.8) is 0 Å². The minimum absolute atomic E-state index is 0.194. The summed E-state index contributed by atoms with van der Waals surface area (Å²) in [5.74, 6) is 1.82. The van der Waals surface area contributed by atoms with Crippen molar-refractivity contribution in [2.75, 3.05) is 6.61 Å². The van der Waals surface area contributed by atoms with Gasteiger partial charge >= 0.3 is 0 Å². The van der Waals surface area contributed by atoms with E-state index in [-0.39, 0.29) is 5.60 Å². The van der Waals surface area contributed by atoms with Crippen molar-refractivity contribution in [2.45, 2.75) is 78.2 Å². The summed E-state index contributed by atoms with van der Waals surface area (Å²) in [5.41, 5.74) is 1.32. The van der Waals surface area contributed by atoms with Gasteiger partial charge < -0.3 is 4.74 Å². The monoisotopic (exact) mass is 250 g/mol. The largest absolute Gasteiger partial charge is 0.375 e. The van der Waals surface area contributed by atoms with Crippen LogP contribution in [0.3, 0.4) is 0 Å². The van der Waals surface area contributed by atoms with Crippen LogP contribution in [-0.4, -0.2) is 12.2 Å². The molecular formula is C17H30O. The summed E-state index contributed by atoms with van der Waals surface area (Å²) in [6.07, 6.45) is 9.62. The smallest absolute Gasteiger partial charge is 0.0657 e. The summed E-state index contributed by atoms with van der Waals surface area (Å²) in [5, 5.41) is 0. The van der Waals surface area contributed by atoms with Crippen molar-refractivity contribution in [1.29, 1.82) is 0 Å². The van der Waals surface area contributed by atoms with Crippen LogP contribution in [0.4, 0.5) is 0 Å². The Morgan fingerprint density at radius 3 is 2.50 bits per heavy atom. The Morgan fingerprint density at radius 2 is 1.72 bits per heavy atom. The molecule has 1 nitrogen and oxygen atoms in total. The molecule has 3 rings (SSSR count). The maximum absolute atomic E-state index is 6.14. The maximum Gasteiger partial charge on any atom is 0.0657 e. The highest BCUT2D eigenvalue weighted by Crippen LogP contribution is 2.61. The topological polar surface area (TPSA) is 9.23 Å². The SMILES string of the molecule is CC1(C)CCC[C@@]2(C)[C@@H]3CCO[C@@](C)(CC[C@H]12)C3. The van der Waals surface area contributed by atoms with Crippen LogP contribution >= 0.6 is 0 Å². The second-order valence-corrected chi connectivity index (χ2v) is 8.43. The quantitative estimate of drug-likeness (QED) is 0.600. The lowest BCUT2D eigenvalue weighted by molar-refractivity contribution is -0.112. The Morgan fingerprint density at radius 1 is 0.944 bits per heavy atom. The van der Waals surface area contributed by atoms with E-state index in [2.05, 4.69) is 27.7 Å². The minimum Gasteiger partial charge on any atom is -0.375 e. The molecule has 104 valence electrons. The van der Waals surface area contributed by atoms with Gasteiger partial charge in [-0.2, -0.15) is 0 Å². The fourth-order valence-electron chi connectivity index (χ4n) is 5.69. The fraction of sp³-hybridized carbons (Fsp3) is 1.00. The van der Waals surface area contributed by atoms with Gasteiger partial charge in [0.1, 0.15) is 0 Å². The Balaban J connectivity index is 1.97. The van der Waals surface area contributed by atoms with Crippen molar-refractivity contribution in [3.8, 4) is 0 Å². The molecule has 2 aliphatic carbocycles. The molecule has 0 aromatic rings. The van der Waals surface area contributed by atoms with Gasteiger partial charge in [-0.25, -0.2) is 0 Å². The number of fused-ring (bicyclic) bond motifs is 4. The summed E-state index contributed by atoms with van der Waals surface area (Å²) in [6, 6.07) is 0. The highest BCUT2D eigenvalue weighted by molar-refractivity contribution is 5.04. The van der Waals surface area contributed by atoms with Crippen LogP contribution in [0.2, 0.25) is 0 Å². The molecule has 0 amide bonds. The first-order valence-corrected chi connectivity index (χ1v) is 8.00. The fourth-order valence-corrected chi connectivity index (χ4v) is 5.69. The van der Waals surface area contributed by atoms with E-state index in [1.165, 1.54) is 44.9 Å². The van der Waals surface area contributed by atoms with Gasteiger partial charge in [-0.15, -0.1) is 0 Å². The van der Waals surface area contributed by atoms with E-state index in [9.17, 15) is 0 Å². The van der Waals surface area contributed by atoms with E-state index < -0.39 is 0 Å². The van der Waals surface area contributed by atoms with Gasteiger partial charge in [0, 0.05) is 6.61 Å². The molecule has 0 spiro atoms. The second-order valence-electron chi connectivity index (χ2n) is 8.43. The predicted molar refractivity (Wildman–Crippen MR) is 75.5 cm³/mol. The zero-order chi connectivity index (χ0) is 13.0. The van der Waals surface area contributed by atoms with Gasteiger partial charge in [0.15, 0.2) is 0 Å². The van der Waals surface area contributed by atoms with E-state index >= 15 is 0 Å². The Hall–Kier alpha value is -0.0400. The summed E-state index contributed by atoms with van der Waals surface area (Å²) < 4.78 is 6.14. The second kappa shape index (κ2) is 3.98. The lowest BCUT2D eigenvalue weighted by Gasteiger charge is -2.54. The van der Waals surface area contributed by atoms with Crippen LogP contribution in [0.5, 0.6) is 0 Å². The minimum atomic E-state index is 0.194. The van der Waals surface area contributed by atoms with Crippen molar-refractivity contribution >= 4 is 0 Å². The molecule has 1 aliphatic heterocycles. The zero-order valence-corrected chi connectivity index (χ0v) is 12.7. The molecule has 18 heavy (non-hydrogen) atoms. The molecule has 0 radical (unpaired) electrons. The van der Waals surface area contributed by atoms with Gasteiger partial charge in [0.05, 0.1) is 5.60 Å². The molecule has 0 aromatic heterocycles. The van der Waals surface area contributed by atoms with E-state index in [4.69, 9.17) is 4.74 Å². The summed E-state index contributed by atoms with van der Waals surface area (Å²) in [6.45, 7) is 11.0. The van der Waals surface area contributed by atoms with E-state index in [0.29, 0.717) is 10.8 Å². The standard InChI is InChI=1S/C17H30O/c1-15(2)8-5-9-17(4)13-7-11-18-16(3,12-13)10-6-14(15)17/h13-14H,5-12H2,1-4H3/t13-,14-,16+,17+/m1/s1. The average Bonchev–Trinajstić information content (AvgIpc) is 2.34.